The van der Waals surface area contributed by atoms with E-state index in [2.05, 4.69) is 35.1 Å². The van der Waals surface area contributed by atoms with Gasteiger partial charge in [0, 0.05) is 49.3 Å². The number of hydrogen-bond donors (Lipinski definition) is 3. The Morgan fingerprint density at radius 2 is 1.94 bits per heavy atom. The van der Waals surface area contributed by atoms with Gasteiger partial charge in [0.1, 0.15) is 23.0 Å². The topological polar surface area (TPSA) is 108 Å². The van der Waals surface area contributed by atoms with E-state index in [1.807, 2.05) is 12.1 Å². The molecule has 0 radical (unpaired) electrons. The number of aromatic amines is 1. The van der Waals surface area contributed by atoms with Gasteiger partial charge in [-0.05, 0) is 63.0 Å². The minimum Gasteiger partial charge on any atom is -0.453 e. The molecule has 0 amide bonds. The maximum Gasteiger partial charge on any atom is 0.223 e. The third kappa shape index (κ3) is 4.64. The van der Waals surface area contributed by atoms with Crippen molar-refractivity contribution in [1.29, 1.82) is 0 Å². The number of nitrogen functional groups attached to an aromatic ring is 1. The monoisotopic (exact) mass is 488 g/mol. The lowest BCUT2D eigenvalue weighted by atomic mass is 10.2. The Bertz CT molecular complexity index is 1370. The molecule has 0 unspecified atom stereocenters. The number of pyridine rings is 1. The maximum absolute atomic E-state index is 15.0. The fourth-order valence-corrected chi connectivity index (χ4v) is 5.21. The predicted octanol–water partition coefficient (Wildman–Crippen LogP) is 4.67. The highest BCUT2D eigenvalue weighted by atomic mass is 19.1. The number of likely N-dealkylation sites (tertiary alicyclic amines) is 1. The van der Waals surface area contributed by atoms with Gasteiger partial charge in [-0.1, -0.05) is 0 Å². The van der Waals surface area contributed by atoms with Gasteiger partial charge >= 0.3 is 0 Å². The second-order valence-electron chi connectivity index (χ2n) is 9.39. The van der Waals surface area contributed by atoms with Crippen molar-refractivity contribution in [3.05, 3.63) is 54.6 Å². The zero-order chi connectivity index (χ0) is 24.5. The number of benzene rings is 1. The highest BCUT2D eigenvalue weighted by molar-refractivity contribution is 5.82. The van der Waals surface area contributed by atoms with E-state index >= 15 is 0 Å². The molecule has 0 spiro atoms. The predicted molar refractivity (Wildman–Crippen MR) is 138 cm³/mol. The molecule has 10 heteroatoms. The molecule has 4 aromatic rings. The molecule has 9 nitrogen and oxygen atoms in total. The Morgan fingerprint density at radius 1 is 1.06 bits per heavy atom. The normalized spacial score (nSPS) is 18.2. The van der Waals surface area contributed by atoms with Crippen molar-refractivity contribution in [2.45, 2.75) is 31.7 Å². The summed E-state index contributed by atoms with van der Waals surface area (Å²) in [6.45, 7) is 4.33. The largest absolute Gasteiger partial charge is 0.453 e. The average molecular weight is 489 g/mol. The lowest BCUT2D eigenvalue weighted by molar-refractivity contribution is 0.313. The number of ether oxygens (including phenoxy) is 1. The van der Waals surface area contributed by atoms with Gasteiger partial charge in [-0.2, -0.15) is 9.97 Å². The third-order valence-corrected chi connectivity index (χ3v) is 6.91. The summed E-state index contributed by atoms with van der Waals surface area (Å²) in [4.78, 5) is 21.0. The number of nitrogens with two attached hydrogens (primary N) is 1. The molecule has 1 atom stereocenters. The van der Waals surface area contributed by atoms with E-state index in [9.17, 15) is 4.39 Å². The van der Waals surface area contributed by atoms with E-state index in [0.29, 0.717) is 28.9 Å². The Kier molecular flexibility index (Phi) is 6.02. The van der Waals surface area contributed by atoms with Crippen LogP contribution < -0.4 is 20.7 Å². The zero-order valence-corrected chi connectivity index (χ0v) is 20.0. The van der Waals surface area contributed by atoms with Gasteiger partial charge in [0.2, 0.25) is 5.95 Å². The number of nitrogens with one attached hydrogen (secondary N) is 2. The lowest BCUT2D eigenvalue weighted by Gasteiger charge is -2.29. The van der Waals surface area contributed by atoms with Crippen molar-refractivity contribution < 1.29 is 9.13 Å². The van der Waals surface area contributed by atoms with E-state index in [-0.39, 0.29) is 11.7 Å². The molecule has 2 aliphatic heterocycles. The van der Waals surface area contributed by atoms with Gasteiger partial charge in [0.15, 0.2) is 11.6 Å². The molecular weight excluding hydrogens is 459 g/mol. The molecule has 2 aliphatic rings. The first-order chi connectivity index (χ1) is 17.6. The molecule has 6 rings (SSSR count). The van der Waals surface area contributed by atoms with Gasteiger partial charge in [0.05, 0.1) is 5.39 Å². The van der Waals surface area contributed by atoms with Gasteiger partial charge in [0.25, 0.3) is 0 Å². The standard InChI is InChI=1S/C26H29FN8O/c27-20-14-17(5-6-22(20)36-21-8-10-30-25-19(21)7-9-29-25)31-23-15-24(33-26(28)32-23)35-13-3-4-18(35)16-34-11-1-2-12-34/h5-10,14-15,18H,1-4,11-13,16H2,(H,29,30)(H3,28,31,32,33)/t18-/m0/s1. The molecule has 3 aromatic heterocycles. The summed E-state index contributed by atoms with van der Waals surface area (Å²) < 4.78 is 20.8. The van der Waals surface area contributed by atoms with Gasteiger partial charge in [-0.3, -0.25) is 0 Å². The highest BCUT2D eigenvalue weighted by Crippen LogP contribution is 2.32. The quantitative estimate of drug-likeness (QED) is 0.344. The number of halogens is 1. The number of rotatable bonds is 7. The van der Waals surface area contributed by atoms with Gasteiger partial charge in [-0.25, -0.2) is 9.37 Å². The second-order valence-corrected chi connectivity index (χ2v) is 9.39. The van der Waals surface area contributed by atoms with Crippen LogP contribution in [-0.4, -0.2) is 57.1 Å². The van der Waals surface area contributed by atoms with E-state index in [0.717, 1.165) is 37.1 Å². The Hall–Kier alpha value is -3.92. The van der Waals surface area contributed by atoms with Crippen LogP contribution in [0, 0.1) is 5.82 Å². The molecule has 186 valence electrons. The molecular formula is C26H29FN8O. The van der Waals surface area contributed by atoms with Crippen molar-refractivity contribution in [1.82, 2.24) is 24.8 Å². The highest BCUT2D eigenvalue weighted by Gasteiger charge is 2.29. The number of aromatic nitrogens is 4. The van der Waals surface area contributed by atoms with Crippen LogP contribution in [0.2, 0.25) is 0 Å². The number of hydrogen-bond acceptors (Lipinski definition) is 8. The van der Waals surface area contributed by atoms with Crippen molar-refractivity contribution in [2.24, 2.45) is 0 Å². The lowest BCUT2D eigenvalue weighted by Crippen LogP contribution is -2.39. The number of fused-ring (bicyclic) bond motifs is 1. The molecule has 4 N–H and O–H groups in total. The summed E-state index contributed by atoms with van der Waals surface area (Å²) in [7, 11) is 0. The molecule has 0 aliphatic carbocycles. The van der Waals surface area contributed by atoms with E-state index in [1.165, 1.54) is 32.0 Å². The van der Waals surface area contributed by atoms with Crippen LogP contribution in [0.15, 0.2) is 48.8 Å². The number of H-pyrrole nitrogens is 1. The van der Waals surface area contributed by atoms with Crippen molar-refractivity contribution in [3.63, 3.8) is 0 Å². The van der Waals surface area contributed by atoms with Crippen molar-refractivity contribution in [3.8, 4) is 11.5 Å². The molecule has 0 saturated carbocycles. The molecule has 5 heterocycles. The number of anilines is 4. The summed E-state index contributed by atoms with van der Waals surface area (Å²) in [5.41, 5.74) is 7.29. The van der Waals surface area contributed by atoms with Crippen molar-refractivity contribution >= 4 is 34.3 Å². The minimum absolute atomic E-state index is 0.124. The fraction of sp³-hybridized carbons (Fsp3) is 0.346. The summed E-state index contributed by atoms with van der Waals surface area (Å²) in [5.74, 6) is 1.69. The first kappa shape index (κ1) is 22.5. The molecule has 2 fully saturated rings. The molecule has 1 aromatic carbocycles. The maximum atomic E-state index is 15.0. The molecule has 2 saturated heterocycles. The Morgan fingerprint density at radius 3 is 2.81 bits per heavy atom. The van der Waals surface area contributed by atoms with Crippen LogP contribution in [0.1, 0.15) is 25.7 Å². The fourth-order valence-electron chi connectivity index (χ4n) is 5.21. The zero-order valence-electron chi connectivity index (χ0n) is 20.0. The number of nitrogens with zero attached hydrogens (tertiary/aromatic N) is 5. The van der Waals surface area contributed by atoms with Gasteiger partial charge in [-0.15, -0.1) is 0 Å². The molecule has 36 heavy (non-hydrogen) atoms. The average Bonchev–Trinajstić information content (AvgIpc) is 3.63. The first-order valence-electron chi connectivity index (χ1n) is 12.4. The first-order valence-corrected chi connectivity index (χ1v) is 12.4. The van der Waals surface area contributed by atoms with Crippen LogP contribution in [-0.2, 0) is 0 Å². The smallest absolute Gasteiger partial charge is 0.223 e. The third-order valence-electron chi connectivity index (χ3n) is 6.91. The van der Waals surface area contributed by atoms with Crippen LogP contribution >= 0.6 is 0 Å². The van der Waals surface area contributed by atoms with Crippen LogP contribution in [0.4, 0.5) is 27.7 Å². The van der Waals surface area contributed by atoms with E-state index in [4.69, 9.17) is 10.5 Å². The minimum atomic E-state index is -0.493. The molecule has 0 bridgehead atoms. The summed E-state index contributed by atoms with van der Waals surface area (Å²) in [5, 5.41) is 3.96. The Labute approximate surface area is 208 Å². The van der Waals surface area contributed by atoms with Crippen LogP contribution in [0.25, 0.3) is 11.0 Å². The SMILES string of the molecule is Nc1nc(Nc2ccc(Oc3ccnc4[nH]ccc34)c(F)c2)cc(N2CCC[C@H]2CN2CCCC2)n1. The summed E-state index contributed by atoms with van der Waals surface area (Å²) in [6, 6.07) is 10.6. The van der Waals surface area contributed by atoms with Crippen LogP contribution in [0.3, 0.4) is 0 Å². The van der Waals surface area contributed by atoms with E-state index < -0.39 is 5.82 Å². The van der Waals surface area contributed by atoms with Crippen molar-refractivity contribution in [2.75, 3.05) is 42.1 Å². The summed E-state index contributed by atoms with van der Waals surface area (Å²) >= 11 is 0. The Balaban J connectivity index is 1.18. The van der Waals surface area contributed by atoms with E-state index in [1.54, 1.807) is 30.6 Å². The van der Waals surface area contributed by atoms with Gasteiger partial charge < -0.3 is 30.6 Å². The second kappa shape index (κ2) is 9.62. The summed E-state index contributed by atoms with van der Waals surface area (Å²) in [6.07, 6.45) is 8.22. The van der Waals surface area contributed by atoms with Crippen LogP contribution in [0.5, 0.6) is 11.5 Å².